The lowest BCUT2D eigenvalue weighted by atomic mass is 9.91. The van der Waals surface area contributed by atoms with Gasteiger partial charge in [-0.3, -0.25) is 0 Å². The Balaban J connectivity index is 2.63. The number of carbonyl (C=O) groups is 1. The molecule has 0 bridgehead atoms. The van der Waals surface area contributed by atoms with Crippen LogP contribution < -0.4 is 0 Å². The van der Waals surface area contributed by atoms with Gasteiger partial charge in [-0.15, -0.1) is 11.8 Å². The monoisotopic (exact) mass is 348 g/mol. The van der Waals surface area contributed by atoms with Crippen molar-refractivity contribution in [3.63, 3.8) is 0 Å². The molecule has 0 aliphatic carbocycles. The van der Waals surface area contributed by atoms with E-state index in [1.54, 1.807) is 23.9 Å². The van der Waals surface area contributed by atoms with Gasteiger partial charge in [-0.05, 0) is 50.0 Å². The maximum Gasteiger partial charge on any atom is 0.335 e. The summed E-state index contributed by atoms with van der Waals surface area (Å²) in [6.45, 7) is 10.5. The molecule has 130 valence electrons. The van der Waals surface area contributed by atoms with Crippen molar-refractivity contribution in [3.05, 3.63) is 52.9 Å². The summed E-state index contributed by atoms with van der Waals surface area (Å²) in [4.78, 5) is 12.7. The second-order valence-corrected chi connectivity index (χ2v) is 7.81. The Bertz CT molecular complexity index is 655. The van der Waals surface area contributed by atoms with E-state index in [4.69, 9.17) is 4.74 Å². The van der Waals surface area contributed by atoms with Crippen LogP contribution in [0.15, 0.2) is 41.5 Å². The van der Waals surface area contributed by atoms with Crippen LogP contribution in [0.25, 0.3) is 5.57 Å². The van der Waals surface area contributed by atoms with Crippen LogP contribution in [-0.4, -0.2) is 23.1 Å². The van der Waals surface area contributed by atoms with Gasteiger partial charge >= 0.3 is 5.97 Å². The topological polar surface area (TPSA) is 26.3 Å². The van der Waals surface area contributed by atoms with Gasteiger partial charge in [-0.25, -0.2) is 9.18 Å². The van der Waals surface area contributed by atoms with Crippen LogP contribution in [0.4, 0.5) is 4.39 Å². The van der Waals surface area contributed by atoms with E-state index < -0.39 is 0 Å². The molecule has 0 fully saturated rings. The van der Waals surface area contributed by atoms with E-state index in [0.717, 1.165) is 16.7 Å². The standard InChI is InChI=1S/C20H25FO2S/c1-6-23-20(22)18-17(14-7-9-15(21)10-8-14)16(11-12(2)3)24-19(18)13(4)5/h7-11,13,16,19H,6H2,1-5H3. The smallest absolute Gasteiger partial charge is 0.335 e. The third kappa shape index (κ3) is 4.10. The molecule has 0 spiro atoms. The molecule has 24 heavy (non-hydrogen) atoms. The SMILES string of the molecule is CCOC(=O)C1=C(c2ccc(F)cc2)C(C=C(C)C)SC1C(C)C. The zero-order chi connectivity index (χ0) is 17.9. The summed E-state index contributed by atoms with van der Waals surface area (Å²) in [7, 11) is 0. The van der Waals surface area contributed by atoms with Gasteiger partial charge < -0.3 is 4.74 Å². The summed E-state index contributed by atoms with van der Waals surface area (Å²) in [5.41, 5.74) is 3.77. The van der Waals surface area contributed by atoms with Crippen LogP contribution in [0.3, 0.4) is 0 Å². The number of allylic oxidation sites excluding steroid dienone is 1. The molecule has 1 aromatic carbocycles. The molecule has 0 N–H and O–H groups in total. The normalized spacial score (nSPS) is 20.5. The van der Waals surface area contributed by atoms with Gasteiger partial charge in [-0.1, -0.05) is 37.6 Å². The molecule has 0 amide bonds. The Kier molecular flexibility index (Phi) is 6.27. The first kappa shape index (κ1) is 18.8. The van der Waals surface area contributed by atoms with Crippen LogP contribution in [0.5, 0.6) is 0 Å². The van der Waals surface area contributed by atoms with Gasteiger partial charge in [0.1, 0.15) is 5.82 Å². The Labute approximate surface area is 148 Å². The van der Waals surface area contributed by atoms with Gasteiger partial charge in [0.15, 0.2) is 0 Å². The number of rotatable bonds is 5. The van der Waals surface area contributed by atoms with E-state index in [1.165, 1.54) is 17.7 Å². The van der Waals surface area contributed by atoms with Crippen LogP contribution in [0.2, 0.25) is 0 Å². The number of carbonyl (C=O) groups excluding carboxylic acids is 1. The second-order valence-electron chi connectivity index (χ2n) is 6.52. The molecule has 2 unspecified atom stereocenters. The first-order valence-electron chi connectivity index (χ1n) is 8.32. The van der Waals surface area contributed by atoms with Crippen molar-refractivity contribution in [1.29, 1.82) is 0 Å². The number of hydrogen-bond acceptors (Lipinski definition) is 3. The van der Waals surface area contributed by atoms with Gasteiger partial charge in [0.05, 0.1) is 12.2 Å². The lowest BCUT2D eigenvalue weighted by molar-refractivity contribution is -0.138. The van der Waals surface area contributed by atoms with Crippen LogP contribution >= 0.6 is 11.8 Å². The van der Waals surface area contributed by atoms with Gasteiger partial charge in [-0.2, -0.15) is 0 Å². The number of hydrogen-bond donors (Lipinski definition) is 0. The first-order valence-corrected chi connectivity index (χ1v) is 9.27. The fourth-order valence-corrected chi connectivity index (χ4v) is 4.64. The minimum absolute atomic E-state index is 0.0738. The summed E-state index contributed by atoms with van der Waals surface area (Å²) in [5, 5.41) is 0.150. The molecule has 0 radical (unpaired) electrons. The number of benzene rings is 1. The van der Waals surface area contributed by atoms with Crippen molar-refractivity contribution in [2.45, 2.75) is 45.1 Å². The summed E-state index contributed by atoms with van der Waals surface area (Å²) < 4.78 is 18.7. The summed E-state index contributed by atoms with van der Waals surface area (Å²) >= 11 is 1.77. The number of thioether (sulfide) groups is 1. The molecule has 2 atom stereocenters. The fraction of sp³-hybridized carbons (Fsp3) is 0.450. The highest BCUT2D eigenvalue weighted by molar-refractivity contribution is 8.01. The Morgan fingerprint density at radius 1 is 1.29 bits per heavy atom. The highest BCUT2D eigenvalue weighted by Crippen LogP contribution is 2.48. The van der Waals surface area contributed by atoms with E-state index in [0.29, 0.717) is 12.5 Å². The second kappa shape index (κ2) is 8.02. The molecular weight excluding hydrogens is 323 g/mol. The minimum atomic E-state index is -0.276. The third-order valence-corrected chi connectivity index (χ3v) is 5.63. The van der Waals surface area contributed by atoms with Crippen molar-refractivity contribution in [2.24, 2.45) is 5.92 Å². The van der Waals surface area contributed by atoms with Crippen molar-refractivity contribution in [2.75, 3.05) is 6.61 Å². The molecule has 0 aromatic heterocycles. The van der Waals surface area contributed by atoms with E-state index in [2.05, 4.69) is 33.8 Å². The Morgan fingerprint density at radius 2 is 1.92 bits per heavy atom. The highest BCUT2D eigenvalue weighted by atomic mass is 32.2. The molecule has 0 saturated carbocycles. The van der Waals surface area contributed by atoms with Gasteiger partial charge in [0.2, 0.25) is 0 Å². The molecular formula is C20H25FO2S. The van der Waals surface area contributed by atoms with Crippen LogP contribution in [-0.2, 0) is 9.53 Å². The minimum Gasteiger partial charge on any atom is -0.463 e. The Morgan fingerprint density at radius 3 is 2.42 bits per heavy atom. The number of esters is 1. The maximum absolute atomic E-state index is 13.3. The molecule has 1 aromatic rings. The largest absolute Gasteiger partial charge is 0.463 e. The third-order valence-electron chi connectivity index (χ3n) is 3.89. The number of halogens is 1. The molecule has 1 heterocycles. The summed E-state index contributed by atoms with van der Waals surface area (Å²) in [6, 6.07) is 6.38. The van der Waals surface area contributed by atoms with Crippen molar-refractivity contribution < 1.29 is 13.9 Å². The lowest BCUT2D eigenvalue weighted by Crippen LogP contribution is -2.20. The Hall–Kier alpha value is -1.55. The fourth-order valence-electron chi connectivity index (χ4n) is 2.90. The predicted molar refractivity (Wildman–Crippen MR) is 99.4 cm³/mol. The zero-order valence-electron chi connectivity index (χ0n) is 14.9. The molecule has 0 saturated heterocycles. The lowest BCUT2D eigenvalue weighted by Gasteiger charge is -2.17. The zero-order valence-corrected chi connectivity index (χ0v) is 15.7. The van der Waals surface area contributed by atoms with E-state index >= 15 is 0 Å². The van der Waals surface area contributed by atoms with Crippen LogP contribution in [0.1, 0.15) is 40.2 Å². The van der Waals surface area contributed by atoms with Crippen LogP contribution in [0, 0.1) is 11.7 Å². The van der Waals surface area contributed by atoms with Crippen molar-refractivity contribution in [3.8, 4) is 0 Å². The average molecular weight is 348 g/mol. The summed E-state index contributed by atoms with van der Waals surface area (Å²) in [5.74, 6) is -0.227. The summed E-state index contributed by atoms with van der Waals surface area (Å²) in [6.07, 6.45) is 2.17. The average Bonchev–Trinajstić information content (AvgIpc) is 2.87. The molecule has 1 aliphatic rings. The highest BCUT2D eigenvalue weighted by Gasteiger charge is 2.39. The molecule has 1 aliphatic heterocycles. The molecule has 4 heteroatoms. The van der Waals surface area contributed by atoms with Crippen molar-refractivity contribution >= 4 is 23.3 Å². The van der Waals surface area contributed by atoms with Crippen molar-refractivity contribution in [1.82, 2.24) is 0 Å². The molecule has 2 rings (SSSR count). The quantitative estimate of drug-likeness (QED) is 0.537. The van der Waals surface area contributed by atoms with Gasteiger partial charge in [0, 0.05) is 10.5 Å². The number of ether oxygens (including phenoxy) is 1. The maximum atomic E-state index is 13.3. The van der Waals surface area contributed by atoms with E-state index in [-0.39, 0.29) is 22.3 Å². The predicted octanol–water partition coefficient (Wildman–Crippen LogP) is 5.25. The van der Waals surface area contributed by atoms with Gasteiger partial charge in [0.25, 0.3) is 0 Å². The first-order chi connectivity index (χ1) is 11.3. The molecule has 2 nitrogen and oxygen atoms in total. The van der Waals surface area contributed by atoms with E-state index in [9.17, 15) is 9.18 Å². The van der Waals surface area contributed by atoms with E-state index in [1.807, 2.05) is 6.92 Å².